The van der Waals surface area contributed by atoms with E-state index in [9.17, 15) is 0 Å². The van der Waals surface area contributed by atoms with Gasteiger partial charge in [-0.2, -0.15) is 0 Å². The van der Waals surface area contributed by atoms with E-state index in [0.29, 0.717) is 0 Å². The van der Waals surface area contributed by atoms with Crippen molar-refractivity contribution in [1.29, 1.82) is 0 Å². The third kappa shape index (κ3) is 1.98. The Kier molecular flexibility index (Phi) is 3.20. The molecule has 1 fully saturated rings. The Morgan fingerprint density at radius 1 is 1.50 bits per heavy atom. The van der Waals surface area contributed by atoms with Crippen molar-refractivity contribution >= 4 is 0 Å². The highest BCUT2D eigenvalue weighted by Crippen LogP contribution is 2.23. The average molecular weight is 140 g/mol. The zero-order valence-electron chi connectivity index (χ0n) is 6.97. The van der Waals surface area contributed by atoms with E-state index in [1.54, 1.807) is 0 Å². The van der Waals surface area contributed by atoms with Crippen LogP contribution < -0.4 is 0 Å². The van der Waals surface area contributed by atoms with Crippen molar-refractivity contribution in [3.63, 3.8) is 0 Å². The van der Waals surface area contributed by atoms with Gasteiger partial charge in [-0.1, -0.05) is 19.8 Å². The van der Waals surface area contributed by atoms with Crippen LogP contribution in [0.25, 0.3) is 0 Å². The average Bonchev–Trinajstić information content (AvgIpc) is 1.79. The molecule has 59 valence electrons. The molecule has 1 aliphatic rings. The number of hydrogen-bond acceptors (Lipinski definition) is 1. The fraction of sp³-hybridized carbons (Fsp3) is 0.889. The molecule has 10 heavy (non-hydrogen) atoms. The van der Waals surface area contributed by atoms with Gasteiger partial charge in [-0.05, 0) is 32.9 Å². The lowest BCUT2D eigenvalue weighted by molar-refractivity contribution is 0.158. The first-order valence-corrected chi connectivity index (χ1v) is 4.34. The van der Waals surface area contributed by atoms with E-state index in [1.807, 2.05) is 0 Å². The van der Waals surface area contributed by atoms with Gasteiger partial charge in [0.15, 0.2) is 0 Å². The minimum absolute atomic E-state index is 0.909. The predicted molar refractivity (Wildman–Crippen MR) is 44.9 cm³/mol. The van der Waals surface area contributed by atoms with Gasteiger partial charge in [-0.15, -0.1) is 0 Å². The first-order chi connectivity index (χ1) is 4.84. The van der Waals surface area contributed by atoms with Gasteiger partial charge in [0.2, 0.25) is 0 Å². The lowest BCUT2D eigenvalue weighted by atomic mass is 9.92. The van der Waals surface area contributed by atoms with Crippen molar-refractivity contribution in [1.82, 2.24) is 4.90 Å². The molecule has 0 amide bonds. The molecular formula is C9H18N. The molecule has 0 spiro atoms. The molecule has 1 heteroatoms. The molecule has 0 aromatic heterocycles. The van der Waals surface area contributed by atoms with Crippen molar-refractivity contribution in [3.05, 3.63) is 6.92 Å². The van der Waals surface area contributed by atoms with Crippen LogP contribution in [0.4, 0.5) is 0 Å². The lowest BCUT2D eigenvalue weighted by Gasteiger charge is -2.34. The van der Waals surface area contributed by atoms with E-state index < -0.39 is 0 Å². The standard InChI is InChI=1S/C9H18N/c1-3-4-8-10(2)9-6-5-7-9/h9H,1,3-8H2,2H3. The van der Waals surface area contributed by atoms with E-state index in [4.69, 9.17) is 0 Å². The van der Waals surface area contributed by atoms with E-state index in [2.05, 4.69) is 18.9 Å². The summed E-state index contributed by atoms with van der Waals surface area (Å²) in [6, 6.07) is 0.909. The Hall–Kier alpha value is -0.0400. The van der Waals surface area contributed by atoms with Gasteiger partial charge in [0.25, 0.3) is 0 Å². The van der Waals surface area contributed by atoms with Crippen molar-refractivity contribution in [2.24, 2.45) is 0 Å². The van der Waals surface area contributed by atoms with E-state index in [0.717, 1.165) is 12.5 Å². The Morgan fingerprint density at radius 3 is 2.60 bits per heavy atom. The molecular weight excluding hydrogens is 122 g/mol. The first kappa shape index (κ1) is 8.06. The topological polar surface area (TPSA) is 3.24 Å². The first-order valence-electron chi connectivity index (χ1n) is 4.34. The molecule has 1 rings (SSSR count). The summed E-state index contributed by atoms with van der Waals surface area (Å²) in [7, 11) is 2.24. The lowest BCUT2D eigenvalue weighted by Crippen LogP contribution is -2.37. The van der Waals surface area contributed by atoms with Gasteiger partial charge < -0.3 is 4.90 Å². The summed E-state index contributed by atoms with van der Waals surface area (Å²) in [5.41, 5.74) is 0. The van der Waals surface area contributed by atoms with E-state index in [-0.39, 0.29) is 0 Å². The summed E-state index contributed by atoms with van der Waals surface area (Å²) >= 11 is 0. The Morgan fingerprint density at radius 2 is 2.20 bits per heavy atom. The molecule has 0 heterocycles. The normalized spacial score (nSPS) is 19.5. The maximum Gasteiger partial charge on any atom is 0.00922 e. The molecule has 0 saturated heterocycles. The third-order valence-electron chi connectivity index (χ3n) is 2.46. The van der Waals surface area contributed by atoms with Crippen LogP contribution in [-0.4, -0.2) is 24.5 Å². The second kappa shape index (κ2) is 3.97. The summed E-state index contributed by atoms with van der Waals surface area (Å²) in [6.07, 6.45) is 6.63. The molecule has 1 radical (unpaired) electrons. The number of rotatable bonds is 4. The van der Waals surface area contributed by atoms with Gasteiger partial charge in [-0.3, -0.25) is 0 Å². The Balaban J connectivity index is 2.02. The highest BCUT2D eigenvalue weighted by molar-refractivity contribution is 4.77. The SMILES string of the molecule is [CH2]CCCN(C)C1CCC1. The van der Waals surface area contributed by atoms with Crippen molar-refractivity contribution in [2.45, 2.75) is 38.1 Å². The quantitative estimate of drug-likeness (QED) is 0.578. The molecule has 0 atom stereocenters. The van der Waals surface area contributed by atoms with Crippen LogP contribution in [0, 0.1) is 6.92 Å². The molecule has 1 saturated carbocycles. The van der Waals surface area contributed by atoms with Gasteiger partial charge in [0.05, 0.1) is 0 Å². The molecule has 1 aliphatic carbocycles. The summed E-state index contributed by atoms with van der Waals surface area (Å²) < 4.78 is 0. The smallest absolute Gasteiger partial charge is 0.00922 e. The Labute approximate surface area is 64.4 Å². The van der Waals surface area contributed by atoms with E-state index >= 15 is 0 Å². The van der Waals surface area contributed by atoms with Crippen LogP contribution >= 0.6 is 0 Å². The maximum absolute atomic E-state index is 3.83. The van der Waals surface area contributed by atoms with E-state index in [1.165, 1.54) is 32.2 Å². The molecule has 1 nitrogen and oxygen atoms in total. The fourth-order valence-electron chi connectivity index (χ4n) is 1.37. The van der Waals surface area contributed by atoms with Crippen LogP contribution in [0.3, 0.4) is 0 Å². The summed E-state index contributed by atoms with van der Waals surface area (Å²) in [4.78, 5) is 2.48. The molecule has 0 bridgehead atoms. The van der Waals surface area contributed by atoms with Crippen molar-refractivity contribution in [2.75, 3.05) is 13.6 Å². The van der Waals surface area contributed by atoms with Gasteiger partial charge >= 0.3 is 0 Å². The van der Waals surface area contributed by atoms with Crippen LogP contribution in [0.5, 0.6) is 0 Å². The summed E-state index contributed by atoms with van der Waals surface area (Å²) in [5.74, 6) is 0. The molecule has 0 aromatic rings. The monoisotopic (exact) mass is 140 g/mol. The minimum Gasteiger partial charge on any atom is -0.303 e. The predicted octanol–water partition coefficient (Wildman–Crippen LogP) is 2.08. The van der Waals surface area contributed by atoms with Crippen molar-refractivity contribution < 1.29 is 0 Å². The van der Waals surface area contributed by atoms with Crippen molar-refractivity contribution in [3.8, 4) is 0 Å². The zero-order chi connectivity index (χ0) is 7.40. The highest BCUT2D eigenvalue weighted by Gasteiger charge is 2.20. The maximum atomic E-state index is 3.83. The zero-order valence-corrected chi connectivity index (χ0v) is 6.97. The van der Waals surface area contributed by atoms with Crippen LogP contribution in [-0.2, 0) is 0 Å². The molecule has 0 N–H and O–H groups in total. The van der Waals surface area contributed by atoms with Crippen LogP contribution in [0.1, 0.15) is 32.1 Å². The molecule has 0 aliphatic heterocycles. The number of nitrogens with zero attached hydrogens (tertiary/aromatic N) is 1. The van der Waals surface area contributed by atoms with Gasteiger partial charge in [0.1, 0.15) is 0 Å². The van der Waals surface area contributed by atoms with Crippen LogP contribution in [0.15, 0.2) is 0 Å². The molecule has 0 aromatic carbocycles. The third-order valence-corrected chi connectivity index (χ3v) is 2.46. The second-order valence-corrected chi connectivity index (χ2v) is 3.27. The van der Waals surface area contributed by atoms with Gasteiger partial charge in [0, 0.05) is 6.04 Å². The molecule has 0 unspecified atom stereocenters. The largest absolute Gasteiger partial charge is 0.303 e. The summed E-state index contributed by atoms with van der Waals surface area (Å²) in [6.45, 7) is 5.08. The second-order valence-electron chi connectivity index (χ2n) is 3.27. The number of unbranched alkanes of at least 4 members (excludes halogenated alkanes) is 1. The minimum atomic E-state index is 0.909. The fourth-order valence-corrected chi connectivity index (χ4v) is 1.37. The van der Waals surface area contributed by atoms with Gasteiger partial charge in [-0.25, -0.2) is 0 Å². The number of hydrogen-bond donors (Lipinski definition) is 0. The summed E-state index contributed by atoms with van der Waals surface area (Å²) in [5, 5.41) is 0. The Bertz CT molecular complexity index is 86.7. The van der Waals surface area contributed by atoms with Crippen LogP contribution in [0.2, 0.25) is 0 Å². The highest BCUT2D eigenvalue weighted by atomic mass is 15.1.